The predicted octanol–water partition coefficient (Wildman–Crippen LogP) is 1.62. The van der Waals surface area contributed by atoms with Gasteiger partial charge in [-0.05, 0) is 32.4 Å². The zero-order valence-electron chi connectivity index (χ0n) is 20.5. The van der Waals surface area contributed by atoms with E-state index in [9.17, 15) is 28.9 Å². The van der Waals surface area contributed by atoms with E-state index in [0.717, 1.165) is 19.2 Å². The minimum absolute atomic E-state index is 0.00878. The Hall–Kier alpha value is -3.00. The molecule has 2 heterocycles. The van der Waals surface area contributed by atoms with Crippen LogP contribution < -0.4 is 9.47 Å². The number of rotatable bonds is 8. The third-order valence-electron chi connectivity index (χ3n) is 5.84. The van der Waals surface area contributed by atoms with Gasteiger partial charge in [0, 0.05) is 29.8 Å². The quantitative estimate of drug-likeness (QED) is 0.443. The standard InChI is InChI=1S/C23H30F2N2O9/c1-10(2)27-11(3)13(6-12-7-15(25)16(32-4)8-14(12)24)21(26-27)36-22-20(30)19(29)18(28)17(35-22)9-34-23(31)33-5/h7-8,10,17-20,22,28-30H,6,9H2,1-5H3/t17?,18-,19+,20-,22+/m1/s1. The first kappa shape index (κ1) is 27.6. The van der Waals surface area contributed by atoms with Crippen LogP contribution >= 0.6 is 0 Å². The van der Waals surface area contributed by atoms with Crippen molar-refractivity contribution in [2.75, 3.05) is 20.8 Å². The van der Waals surface area contributed by atoms with E-state index in [1.165, 1.54) is 7.11 Å². The lowest BCUT2D eigenvalue weighted by Gasteiger charge is -2.39. The van der Waals surface area contributed by atoms with Crippen LogP contribution in [-0.4, -0.2) is 82.8 Å². The fourth-order valence-corrected chi connectivity index (χ4v) is 3.85. The number of benzene rings is 1. The number of methoxy groups -OCH3 is 2. The van der Waals surface area contributed by atoms with Crippen molar-refractivity contribution in [2.45, 2.75) is 63.9 Å². The maximum absolute atomic E-state index is 14.7. The molecule has 5 atom stereocenters. The predicted molar refractivity (Wildman–Crippen MR) is 119 cm³/mol. The average molecular weight is 516 g/mol. The summed E-state index contributed by atoms with van der Waals surface area (Å²) in [6, 6.07) is 1.81. The van der Waals surface area contributed by atoms with Gasteiger partial charge in [0.15, 0.2) is 11.6 Å². The molecular weight excluding hydrogens is 486 g/mol. The summed E-state index contributed by atoms with van der Waals surface area (Å²) in [7, 11) is 2.32. The Balaban J connectivity index is 1.92. The Bertz CT molecular complexity index is 1080. The Kier molecular flexibility index (Phi) is 8.71. The fraction of sp³-hybridized carbons (Fsp3) is 0.565. The van der Waals surface area contributed by atoms with E-state index in [0.29, 0.717) is 11.3 Å². The molecular formula is C23H30F2N2O9. The maximum Gasteiger partial charge on any atom is 0.508 e. The Labute approximate surface area is 206 Å². The van der Waals surface area contributed by atoms with Crippen LogP contribution in [-0.2, 0) is 20.6 Å². The molecule has 3 rings (SSSR count). The molecule has 1 aromatic carbocycles. The molecule has 13 heteroatoms. The van der Waals surface area contributed by atoms with E-state index in [1.54, 1.807) is 11.6 Å². The SMILES string of the molecule is COC(=O)OCC1O[C@@H](Oc2nn(C(C)C)c(C)c2Cc2cc(F)c(OC)cc2F)[C@H](O)[C@@H](O)[C@@H]1O. The highest BCUT2D eigenvalue weighted by Gasteiger charge is 2.46. The summed E-state index contributed by atoms with van der Waals surface area (Å²) in [6.45, 7) is 4.93. The van der Waals surface area contributed by atoms with Gasteiger partial charge in [0.25, 0.3) is 0 Å². The number of aliphatic hydroxyl groups excluding tert-OH is 3. The Morgan fingerprint density at radius 2 is 1.83 bits per heavy atom. The summed E-state index contributed by atoms with van der Waals surface area (Å²) in [6.07, 6.45) is -8.98. The van der Waals surface area contributed by atoms with Crippen LogP contribution in [0.5, 0.6) is 11.6 Å². The number of carbonyl (C=O) groups is 1. The van der Waals surface area contributed by atoms with E-state index < -0.39 is 55.1 Å². The lowest BCUT2D eigenvalue weighted by molar-refractivity contribution is -0.278. The monoisotopic (exact) mass is 516 g/mol. The first-order valence-corrected chi connectivity index (χ1v) is 11.1. The molecule has 0 spiro atoms. The highest BCUT2D eigenvalue weighted by molar-refractivity contribution is 5.59. The van der Waals surface area contributed by atoms with Crippen molar-refractivity contribution < 1.29 is 52.6 Å². The van der Waals surface area contributed by atoms with E-state index in [2.05, 4.69) is 9.84 Å². The number of aromatic nitrogens is 2. The molecule has 1 saturated heterocycles. The summed E-state index contributed by atoms with van der Waals surface area (Å²) in [4.78, 5) is 11.3. The van der Waals surface area contributed by atoms with Crippen LogP contribution in [0, 0.1) is 18.6 Å². The molecule has 11 nitrogen and oxygen atoms in total. The topological polar surface area (TPSA) is 142 Å². The lowest BCUT2D eigenvalue weighted by Crippen LogP contribution is -2.60. The van der Waals surface area contributed by atoms with Gasteiger partial charge in [-0.3, -0.25) is 4.68 Å². The molecule has 1 aromatic heterocycles. The van der Waals surface area contributed by atoms with E-state index in [4.69, 9.17) is 18.9 Å². The van der Waals surface area contributed by atoms with Crippen LogP contribution in [0.25, 0.3) is 0 Å². The molecule has 1 aliphatic rings. The van der Waals surface area contributed by atoms with Crippen molar-refractivity contribution in [3.05, 3.63) is 40.6 Å². The van der Waals surface area contributed by atoms with Crippen molar-refractivity contribution in [1.82, 2.24) is 9.78 Å². The summed E-state index contributed by atoms with van der Waals surface area (Å²) in [5.74, 6) is -1.75. The molecule has 0 bridgehead atoms. The minimum Gasteiger partial charge on any atom is -0.494 e. The lowest BCUT2D eigenvalue weighted by atomic mass is 9.99. The number of halogens is 2. The van der Waals surface area contributed by atoms with E-state index in [1.807, 2.05) is 13.8 Å². The summed E-state index contributed by atoms with van der Waals surface area (Å²) >= 11 is 0. The molecule has 1 fully saturated rings. The molecule has 1 unspecified atom stereocenters. The molecule has 36 heavy (non-hydrogen) atoms. The van der Waals surface area contributed by atoms with Crippen LogP contribution in [0.3, 0.4) is 0 Å². The van der Waals surface area contributed by atoms with Gasteiger partial charge in [-0.25, -0.2) is 13.6 Å². The molecule has 1 aliphatic heterocycles. The van der Waals surface area contributed by atoms with Gasteiger partial charge in [0.1, 0.15) is 36.8 Å². The number of carbonyl (C=O) groups excluding carboxylic acids is 1. The van der Waals surface area contributed by atoms with Crippen molar-refractivity contribution in [2.24, 2.45) is 0 Å². The molecule has 0 aliphatic carbocycles. The van der Waals surface area contributed by atoms with E-state index >= 15 is 0 Å². The zero-order valence-corrected chi connectivity index (χ0v) is 20.5. The van der Waals surface area contributed by atoms with Gasteiger partial charge in [-0.1, -0.05) is 0 Å². The second kappa shape index (κ2) is 11.4. The number of ether oxygens (including phenoxy) is 5. The second-order valence-electron chi connectivity index (χ2n) is 8.56. The van der Waals surface area contributed by atoms with Crippen molar-refractivity contribution in [1.29, 1.82) is 0 Å². The zero-order chi connectivity index (χ0) is 26.7. The number of nitrogens with zero attached hydrogens (tertiary/aromatic N) is 2. The highest BCUT2D eigenvalue weighted by Crippen LogP contribution is 2.32. The molecule has 200 valence electrons. The van der Waals surface area contributed by atoms with E-state index in [-0.39, 0.29) is 29.7 Å². The van der Waals surface area contributed by atoms with Gasteiger partial charge in [0.2, 0.25) is 12.2 Å². The Morgan fingerprint density at radius 3 is 2.44 bits per heavy atom. The molecule has 3 N–H and O–H groups in total. The first-order valence-electron chi connectivity index (χ1n) is 11.1. The molecule has 0 saturated carbocycles. The van der Waals surface area contributed by atoms with Gasteiger partial charge in [-0.2, -0.15) is 0 Å². The summed E-state index contributed by atoms with van der Waals surface area (Å²) < 4.78 is 55.9. The van der Waals surface area contributed by atoms with Crippen molar-refractivity contribution in [3.63, 3.8) is 0 Å². The normalized spacial score (nSPS) is 24.0. The number of aliphatic hydroxyl groups is 3. The largest absolute Gasteiger partial charge is 0.508 e. The molecule has 0 amide bonds. The summed E-state index contributed by atoms with van der Waals surface area (Å²) in [5, 5.41) is 35.4. The number of hydrogen-bond acceptors (Lipinski definition) is 10. The van der Waals surface area contributed by atoms with Crippen molar-refractivity contribution >= 4 is 6.16 Å². The smallest absolute Gasteiger partial charge is 0.494 e. The third-order valence-corrected chi connectivity index (χ3v) is 5.84. The van der Waals surface area contributed by atoms with Crippen molar-refractivity contribution in [3.8, 4) is 11.6 Å². The molecule has 0 radical (unpaired) electrons. The molecule has 2 aromatic rings. The van der Waals surface area contributed by atoms with Gasteiger partial charge in [0.05, 0.1) is 14.2 Å². The van der Waals surface area contributed by atoms with Crippen LogP contribution in [0.1, 0.15) is 36.7 Å². The van der Waals surface area contributed by atoms with Crippen LogP contribution in [0.2, 0.25) is 0 Å². The fourth-order valence-electron chi connectivity index (χ4n) is 3.85. The van der Waals surface area contributed by atoms with Gasteiger partial charge < -0.3 is 39.0 Å². The minimum atomic E-state index is -1.71. The van der Waals surface area contributed by atoms with Crippen LogP contribution in [0.15, 0.2) is 12.1 Å². The second-order valence-corrected chi connectivity index (χ2v) is 8.56. The van der Waals surface area contributed by atoms with Gasteiger partial charge >= 0.3 is 6.16 Å². The van der Waals surface area contributed by atoms with Gasteiger partial charge in [-0.15, -0.1) is 5.10 Å². The van der Waals surface area contributed by atoms with Crippen LogP contribution in [0.4, 0.5) is 13.6 Å². The number of hydrogen-bond donors (Lipinski definition) is 3. The first-order chi connectivity index (χ1) is 17.0. The summed E-state index contributed by atoms with van der Waals surface area (Å²) in [5.41, 5.74) is 0.979. The third kappa shape index (κ3) is 5.69. The average Bonchev–Trinajstić information content (AvgIpc) is 3.15. The Morgan fingerprint density at radius 1 is 1.14 bits per heavy atom. The highest BCUT2D eigenvalue weighted by atomic mass is 19.1. The maximum atomic E-state index is 14.7.